The quantitative estimate of drug-likeness (QED) is 0.364. The van der Waals surface area contributed by atoms with Crippen LogP contribution in [0.2, 0.25) is 0 Å². The van der Waals surface area contributed by atoms with Crippen LogP contribution in [0.15, 0.2) is 29.2 Å². The van der Waals surface area contributed by atoms with E-state index < -0.39 is 10.1 Å². The second kappa shape index (κ2) is 6.73. The molecule has 1 aromatic rings. The molecule has 0 aromatic heterocycles. The second-order valence-corrected chi connectivity index (χ2v) is 4.16. The molecule has 78 valence electrons. The molecule has 1 aromatic carbocycles. The van der Waals surface area contributed by atoms with Crippen LogP contribution in [0.3, 0.4) is 0 Å². The molecule has 0 saturated heterocycles. The van der Waals surface area contributed by atoms with E-state index >= 15 is 0 Å². The van der Waals surface area contributed by atoms with Crippen molar-refractivity contribution in [3.63, 3.8) is 0 Å². The van der Waals surface area contributed by atoms with Crippen molar-refractivity contribution < 1.29 is 47.3 Å². The van der Waals surface area contributed by atoms with Crippen molar-refractivity contribution in [1.82, 2.24) is 0 Å². The fourth-order valence-electron chi connectivity index (χ4n) is 0.924. The zero-order valence-electron chi connectivity index (χ0n) is 8.14. The minimum absolute atomic E-state index is 0. The molecule has 0 atom stereocenters. The molecule has 0 radical (unpaired) electrons. The number of hydrogen-bond donors (Lipinski definition) is 0. The second-order valence-electron chi connectivity index (χ2n) is 2.44. The molecule has 0 saturated carbocycles. The van der Waals surface area contributed by atoms with Gasteiger partial charge < -0.3 is 9.29 Å². The van der Waals surface area contributed by atoms with Crippen LogP contribution in [0.5, 0.6) is 5.75 Å². The van der Waals surface area contributed by atoms with Crippen molar-refractivity contribution in [1.29, 1.82) is 0 Å². The molecule has 0 unspecified atom stereocenters. The topological polar surface area (TPSA) is 66.4 Å². The Morgan fingerprint density at radius 2 is 1.93 bits per heavy atom. The molecule has 0 heterocycles. The van der Waals surface area contributed by atoms with Gasteiger partial charge in [-0.25, -0.2) is 8.42 Å². The van der Waals surface area contributed by atoms with Gasteiger partial charge in [-0.05, 0) is 12.1 Å². The van der Waals surface area contributed by atoms with Gasteiger partial charge in [0.2, 0.25) is 0 Å². The van der Waals surface area contributed by atoms with Crippen molar-refractivity contribution in [2.24, 2.45) is 0 Å². The van der Waals surface area contributed by atoms with E-state index in [1.807, 2.05) is 0 Å². The van der Waals surface area contributed by atoms with Gasteiger partial charge in [0.1, 0.15) is 22.5 Å². The van der Waals surface area contributed by atoms with Gasteiger partial charge in [0.05, 0.1) is 10.8 Å². The van der Waals surface area contributed by atoms with Crippen LogP contribution < -0.4 is 34.3 Å². The molecular formula is C8H8ClNaO4S. The smallest absolute Gasteiger partial charge is 0.744 e. The van der Waals surface area contributed by atoms with E-state index in [0.717, 1.165) is 0 Å². The van der Waals surface area contributed by atoms with Gasteiger partial charge in [0, 0.05) is 0 Å². The summed E-state index contributed by atoms with van der Waals surface area (Å²) < 4.78 is 37.2. The summed E-state index contributed by atoms with van der Waals surface area (Å²) in [4.78, 5) is -0.356. The average molecular weight is 259 g/mol. The van der Waals surface area contributed by atoms with Crippen LogP contribution >= 0.6 is 11.6 Å². The van der Waals surface area contributed by atoms with Crippen molar-refractivity contribution in [3.8, 4) is 5.75 Å². The zero-order chi connectivity index (χ0) is 10.6. The first-order chi connectivity index (χ1) is 6.55. The van der Waals surface area contributed by atoms with E-state index in [-0.39, 0.29) is 52.7 Å². The minimum Gasteiger partial charge on any atom is -0.744 e. The van der Waals surface area contributed by atoms with E-state index in [4.69, 9.17) is 16.3 Å². The maximum Gasteiger partial charge on any atom is 1.00 e. The Balaban J connectivity index is 0.00000196. The standard InChI is InChI=1S/C8H9ClO4S.Na/c9-5-6-13-7-3-1-2-4-8(7)14(10,11)12;/h1-4H,5-6H2,(H,10,11,12);/q;+1/p-1. The van der Waals surface area contributed by atoms with Gasteiger partial charge in [-0.3, -0.25) is 0 Å². The molecule has 0 bridgehead atoms. The van der Waals surface area contributed by atoms with Crippen LogP contribution in [0.1, 0.15) is 0 Å². The number of para-hydroxylation sites is 1. The first kappa shape index (κ1) is 15.2. The van der Waals surface area contributed by atoms with Gasteiger partial charge in [-0.15, -0.1) is 11.6 Å². The summed E-state index contributed by atoms with van der Waals surface area (Å²) in [5.74, 6) is 0.274. The molecule has 4 nitrogen and oxygen atoms in total. The molecule has 0 aliphatic rings. The van der Waals surface area contributed by atoms with Crippen molar-refractivity contribution in [2.75, 3.05) is 12.5 Å². The average Bonchev–Trinajstić information content (AvgIpc) is 2.14. The summed E-state index contributed by atoms with van der Waals surface area (Å²) >= 11 is 5.37. The van der Waals surface area contributed by atoms with E-state index in [1.165, 1.54) is 18.2 Å². The molecule has 15 heavy (non-hydrogen) atoms. The Kier molecular flexibility index (Phi) is 6.83. The monoisotopic (exact) mass is 258 g/mol. The van der Waals surface area contributed by atoms with E-state index in [2.05, 4.69) is 0 Å². The molecule has 0 aliphatic heterocycles. The maximum absolute atomic E-state index is 10.7. The first-order valence-electron chi connectivity index (χ1n) is 3.79. The Labute approximate surface area is 116 Å². The summed E-state index contributed by atoms with van der Waals surface area (Å²) in [6.45, 7) is 0.161. The third kappa shape index (κ3) is 4.72. The van der Waals surface area contributed by atoms with Crippen LogP contribution in [0.4, 0.5) is 0 Å². The number of halogens is 1. The molecule has 0 fully saturated rings. The molecule has 1 rings (SSSR count). The summed E-state index contributed by atoms with van der Waals surface area (Å²) in [5, 5.41) is 0. The summed E-state index contributed by atoms with van der Waals surface area (Å²) in [7, 11) is -4.48. The summed E-state index contributed by atoms with van der Waals surface area (Å²) in [6, 6.07) is 5.65. The Morgan fingerprint density at radius 1 is 1.33 bits per heavy atom. The van der Waals surface area contributed by atoms with Gasteiger partial charge in [0.25, 0.3) is 0 Å². The normalized spacial score (nSPS) is 10.5. The molecule has 0 spiro atoms. The van der Waals surface area contributed by atoms with Gasteiger partial charge in [0.15, 0.2) is 0 Å². The fourth-order valence-corrected chi connectivity index (χ4v) is 1.62. The van der Waals surface area contributed by atoms with Gasteiger partial charge in [-0.1, -0.05) is 12.1 Å². The third-order valence-electron chi connectivity index (χ3n) is 1.45. The number of rotatable bonds is 4. The van der Waals surface area contributed by atoms with Gasteiger partial charge in [-0.2, -0.15) is 0 Å². The van der Waals surface area contributed by atoms with Crippen molar-refractivity contribution in [2.45, 2.75) is 4.90 Å². The molecule has 0 amide bonds. The fraction of sp³-hybridized carbons (Fsp3) is 0.250. The van der Waals surface area contributed by atoms with E-state index in [9.17, 15) is 13.0 Å². The van der Waals surface area contributed by atoms with E-state index in [1.54, 1.807) is 6.07 Å². The van der Waals surface area contributed by atoms with Crippen LogP contribution in [-0.4, -0.2) is 25.5 Å². The Bertz CT molecular complexity index is 407. The molecule has 0 aliphatic carbocycles. The third-order valence-corrected chi connectivity index (χ3v) is 2.48. The maximum atomic E-state index is 10.7. The predicted molar refractivity (Wildman–Crippen MR) is 50.6 cm³/mol. The number of alkyl halides is 1. The van der Waals surface area contributed by atoms with Gasteiger partial charge >= 0.3 is 29.6 Å². The number of ether oxygens (including phenoxy) is 1. The molecule has 7 heteroatoms. The predicted octanol–water partition coefficient (Wildman–Crippen LogP) is -1.79. The first-order valence-corrected chi connectivity index (χ1v) is 5.73. The molecular weight excluding hydrogens is 251 g/mol. The van der Waals surface area contributed by atoms with Crippen molar-refractivity contribution in [3.05, 3.63) is 24.3 Å². The van der Waals surface area contributed by atoms with Crippen LogP contribution in [0.25, 0.3) is 0 Å². The van der Waals surface area contributed by atoms with Crippen LogP contribution in [0, 0.1) is 0 Å². The largest absolute Gasteiger partial charge is 1.00 e. The molecule has 0 N–H and O–H groups in total. The van der Waals surface area contributed by atoms with Crippen LogP contribution in [-0.2, 0) is 10.1 Å². The summed E-state index contributed by atoms with van der Waals surface area (Å²) in [6.07, 6.45) is 0. The minimum atomic E-state index is -4.48. The van der Waals surface area contributed by atoms with E-state index in [0.29, 0.717) is 0 Å². The SMILES string of the molecule is O=S(=O)([O-])c1ccccc1OCCCl.[Na+]. The Morgan fingerprint density at radius 3 is 2.47 bits per heavy atom. The Hall–Kier alpha value is 0.220. The number of benzene rings is 1. The van der Waals surface area contributed by atoms with Crippen molar-refractivity contribution >= 4 is 21.7 Å². The zero-order valence-corrected chi connectivity index (χ0v) is 11.7. The number of hydrogen-bond acceptors (Lipinski definition) is 4. The summed E-state index contributed by atoms with van der Waals surface area (Å²) in [5.41, 5.74) is 0.